The second-order valence-corrected chi connectivity index (χ2v) is 14.8. The van der Waals surface area contributed by atoms with Crippen molar-refractivity contribution in [2.45, 2.75) is 69.0 Å². The summed E-state index contributed by atoms with van der Waals surface area (Å²) in [6.07, 6.45) is 5.19. The van der Waals surface area contributed by atoms with Gasteiger partial charge in [-0.15, -0.1) is 0 Å². The zero-order valence-electron chi connectivity index (χ0n) is 26.3. The molecule has 1 fully saturated rings. The molecule has 1 N–H and O–H groups in total. The molecule has 0 aromatic heterocycles. The van der Waals surface area contributed by atoms with E-state index in [0.717, 1.165) is 69.7 Å². The van der Waals surface area contributed by atoms with Gasteiger partial charge in [0, 0.05) is 23.5 Å². The topological polar surface area (TPSA) is 86.8 Å². The molecule has 0 aliphatic heterocycles. The minimum atomic E-state index is -4.31. The molecule has 10 heteroatoms. The van der Waals surface area contributed by atoms with Crippen LogP contribution in [0, 0.1) is 12.7 Å². The van der Waals surface area contributed by atoms with Gasteiger partial charge >= 0.3 is 0 Å². The Labute approximate surface area is 285 Å². The van der Waals surface area contributed by atoms with Crippen LogP contribution >= 0.6 is 15.9 Å². The van der Waals surface area contributed by atoms with E-state index >= 15 is 0 Å². The zero-order valence-corrected chi connectivity index (χ0v) is 28.7. The Morgan fingerprint density at radius 3 is 2.13 bits per heavy atom. The van der Waals surface area contributed by atoms with Crippen molar-refractivity contribution in [2.24, 2.45) is 0 Å². The summed E-state index contributed by atoms with van der Waals surface area (Å²) < 4.78 is 43.9. The first-order valence-corrected chi connectivity index (χ1v) is 18.1. The third kappa shape index (κ3) is 9.08. The first-order valence-electron chi connectivity index (χ1n) is 15.8. The standard InChI is InChI=1S/C37H39BrFN3O4S/c1-27-12-20-33(21-13-27)42(47(45,46)34-22-18-31(39)19-23-34)26-36(43)41(25-29-14-16-30(38)17-15-29)35(24-28-8-4-2-5-9-28)37(44)40-32-10-6-3-7-11-32/h2,4-5,8-9,12-23,32,35H,3,6-7,10-11,24-26H2,1H3,(H,40,44)/t35-/m0/s1. The van der Waals surface area contributed by atoms with Gasteiger partial charge in [0.15, 0.2) is 0 Å². The Bertz CT molecular complexity index is 1750. The molecule has 4 aromatic carbocycles. The molecule has 246 valence electrons. The maximum Gasteiger partial charge on any atom is 0.264 e. The molecule has 1 saturated carbocycles. The summed E-state index contributed by atoms with van der Waals surface area (Å²) in [4.78, 5) is 30.1. The number of carbonyl (C=O) groups excluding carboxylic acids is 2. The molecule has 0 unspecified atom stereocenters. The summed E-state index contributed by atoms with van der Waals surface area (Å²) in [5.74, 6) is -1.39. The first kappa shape index (κ1) is 34.3. The predicted molar refractivity (Wildman–Crippen MR) is 186 cm³/mol. The smallest absolute Gasteiger partial charge is 0.264 e. The number of anilines is 1. The molecule has 5 rings (SSSR count). The summed E-state index contributed by atoms with van der Waals surface area (Å²) in [5.41, 5.74) is 2.86. The number of nitrogens with one attached hydrogen (secondary N) is 1. The second-order valence-electron chi connectivity index (χ2n) is 12.0. The van der Waals surface area contributed by atoms with Crippen LogP contribution in [0.5, 0.6) is 0 Å². The molecule has 0 saturated heterocycles. The number of sulfonamides is 1. The van der Waals surface area contributed by atoms with Crippen LogP contribution in [0.4, 0.5) is 10.1 Å². The number of nitrogens with zero attached hydrogens (tertiary/aromatic N) is 2. The number of aryl methyl sites for hydroxylation is 1. The van der Waals surface area contributed by atoms with E-state index in [1.807, 2.05) is 61.5 Å². The highest BCUT2D eigenvalue weighted by Gasteiger charge is 2.35. The number of benzene rings is 4. The van der Waals surface area contributed by atoms with Gasteiger partial charge in [0.25, 0.3) is 10.0 Å². The molecule has 47 heavy (non-hydrogen) atoms. The second kappa shape index (κ2) is 15.7. The number of amides is 2. The highest BCUT2D eigenvalue weighted by Crippen LogP contribution is 2.26. The fourth-order valence-corrected chi connectivity index (χ4v) is 7.54. The van der Waals surface area contributed by atoms with Gasteiger partial charge in [-0.3, -0.25) is 13.9 Å². The molecular weight excluding hydrogens is 681 g/mol. The molecule has 1 aliphatic carbocycles. The van der Waals surface area contributed by atoms with Crippen molar-refractivity contribution < 1.29 is 22.4 Å². The van der Waals surface area contributed by atoms with E-state index < -0.39 is 34.3 Å². The summed E-state index contributed by atoms with van der Waals surface area (Å²) in [5, 5.41) is 3.21. The third-order valence-electron chi connectivity index (χ3n) is 8.49. The van der Waals surface area contributed by atoms with Crippen molar-refractivity contribution in [3.8, 4) is 0 Å². The van der Waals surface area contributed by atoms with Crippen LogP contribution in [0.1, 0.15) is 48.8 Å². The molecule has 0 radical (unpaired) electrons. The van der Waals surface area contributed by atoms with Gasteiger partial charge in [0.1, 0.15) is 18.4 Å². The lowest BCUT2D eigenvalue weighted by Gasteiger charge is -2.35. The van der Waals surface area contributed by atoms with Gasteiger partial charge in [-0.2, -0.15) is 0 Å². The Morgan fingerprint density at radius 2 is 1.49 bits per heavy atom. The van der Waals surface area contributed by atoms with Crippen molar-refractivity contribution in [1.82, 2.24) is 10.2 Å². The van der Waals surface area contributed by atoms with Crippen molar-refractivity contribution in [3.63, 3.8) is 0 Å². The Hall–Kier alpha value is -4.02. The summed E-state index contributed by atoms with van der Waals surface area (Å²) in [7, 11) is -4.31. The zero-order chi connectivity index (χ0) is 33.4. The largest absolute Gasteiger partial charge is 0.352 e. The molecule has 2 amide bonds. The molecule has 1 atom stereocenters. The average molecular weight is 721 g/mol. The Kier molecular flexibility index (Phi) is 11.5. The van der Waals surface area contributed by atoms with Crippen molar-refractivity contribution in [2.75, 3.05) is 10.8 Å². The number of halogens is 2. The maximum absolute atomic E-state index is 14.6. The highest BCUT2D eigenvalue weighted by atomic mass is 79.9. The summed E-state index contributed by atoms with van der Waals surface area (Å²) in [6, 6.07) is 27.4. The van der Waals surface area contributed by atoms with Gasteiger partial charge in [-0.25, -0.2) is 12.8 Å². The lowest BCUT2D eigenvalue weighted by Crippen LogP contribution is -2.55. The molecule has 7 nitrogen and oxygen atoms in total. The Morgan fingerprint density at radius 1 is 0.851 bits per heavy atom. The van der Waals surface area contributed by atoms with Gasteiger partial charge in [-0.05, 0) is 79.4 Å². The maximum atomic E-state index is 14.6. The van der Waals surface area contributed by atoms with Gasteiger partial charge in [0.2, 0.25) is 11.8 Å². The monoisotopic (exact) mass is 719 g/mol. The van der Waals surface area contributed by atoms with Gasteiger partial charge < -0.3 is 10.2 Å². The van der Waals surface area contributed by atoms with E-state index in [-0.39, 0.29) is 35.5 Å². The van der Waals surface area contributed by atoms with Gasteiger partial charge in [0.05, 0.1) is 10.6 Å². The first-order chi connectivity index (χ1) is 22.6. The van der Waals surface area contributed by atoms with E-state index in [1.165, 1.54) is 17.0 Å². The van der Waals surface area contributed by atoms with Crippen LogP contribution in [0.25, 0.3) is 0 Å². The van der Waals surface area contributed by atoms with Crippen molar-refractivity contribution in [3.05, 3.63) is 130 Å². The van der Waals surface area contributed by atoms with Crippen LogP contribution in [0.15, 0.2) is 112 Å². The quantitative estimate of drug-likeness (QED) is 0.168. The molecule has 0 spiro atoms. The number of hydrogen-bond donors (Lipinski definition) is 1. The summed E-state index contributed by atoms with van der Waals surface area (Å²) >= 11 is 3.46. The SMILES string of the molecule is Cc1ccc(N(CC(=O)N(Cc2ccc(Br)cc2)[C@@H](Cc2ccccc2)C(=O)NC2CCCCC2)S(=O)(=O)c2ccc(F)cc2)cc1. The van der Waals surface area contributed by atoms with Crippen LogP contribution in [-0.2, 0) is 32.6 Å². The average Bonchev–Trinajstić information content (AvgIpc) is 3.07. The minimum Gasteiger partial charge on any atom is -0.352 e. The normalized spacial score (nSPS) is 14.3. The van der Waals surface area contributed by atoms with Crippen LogP contribution < -0.4 is 9.62 Å². The molecular formula is C37H39BrFN3O4S. The fourth-order valence-electron chi connectivity index (χ4n) is 5.86. The van der Waals surface area contributed by atoms with Crippen molar-refractivity contribution in [1.29, 1.82) is 0 Å². The molecule has 1 aliphatic rings. The number of carbonyl (C=O) groups is 2. The molecule has 0 heterocycles. The van der Waals surface area contributed by atoms with E-state index in [4.69, 9.17) is 0 Å². The summed E-state index contributed by atoms with van der Waals surface area (Å²) in [6.45, 7) is 1.40. The van der Waals surface area contributed by atoms with E-state index in [2.05, 4.69) is 21.2 Å². The molecule has 0 bridgehead atoms. The predicted octanol–water partition coefficient (Wildman–Crippen LogP) is 7.18. The lowest BCUT2D eigenvalue weighted by molar-refractivity contribution is -0.140. The van der Waals surface area contributed by atoms with Crippen molar-refractivity contribution >= 4 is 43.5 Å². The minimum absolute atomic E-state index is 0.0158. The lowest BCUT2D eigenvalue weighted by atomic mass is 9.94. The highest BCUT2D eigenvalue weighted by molar-refractivity contribution is 9.10. The van der Waals surface area contributed by atoms with Crippen LogP contribution in [-0.4, -0.2) is 43.8 Å². The fraction of sp³-hybridized carbons (Fsp3) is 0.297. The van der Waals surface area contributed by atoms with Gasteiger partial charge in [-0.1, -0.05) is 95.4 Å². The number of rotatable bonds is 12. The van der Waals surface area contributed by atoms with E-state index in [1.54, 1.807) is 24.3 Å². The molecule has 4 aromatic rings. The third-order valence-corrected chi connectivity index (χ3v) is 10.8. The van der Waals surface area contributed by atoms with E-state index in [9.17, 15) is 22.4 Å². The van der Waals surface area contributed by atoms with Crippen LogP contribution in [0.2, 0.25) is 0 Å². The number of hydrogen-bond acceptors (Lipinski definition) is 4. The van der Waals surface area contributed by atoms with Crippen LogP contribution in [0.3, 0.4) is 0 Å². The van der Waals surface area contributed by atoms with E-state index in [0.29, 0.717) is 0 Å². The Balaban J connectivity index is 1.55.